The predicted molar refractivity (Wildman–Crippen MR) is 77.8 cm³/mol. The molecular weight excluding hydrogens is 290 g/mol. The quantitative estimate of drug-likeness (QED) is 0.865. The number of carbonyl (C=O) groups excluding carboxylic acids is 1. The lowest BCUT2D eigenvalue weighted by molar-refractivity contribution is -0.113. The van der Waals surface area contributed by atoms with Crippen molar-refractivity contribution < 1.29 is 4.79 Å². The molecule has 0 aromatic heterocycles. The van der Waals surface area contributed by atoms with Crippen LogP contribution in [0.2, 0.25) is 0 Å². The third-order valence-corrected chi connectivity index (χ3v) is 3.24. The minimum atomic E-state index is -0.447. The highest BCUT2D eigenvalue weighted by molar-refractivity contribution is 9.10. The maximum absolute atomic E-state index is 10.8. The molecule has 2 N–H and O–H groups in total. The van der Waals surface area contributed by atoms with E-state index < -0.39 is 5.91 Å². The Morgan fingerprint density at radius 2 is 1.61 bits per heavy atom. The van der Waals surface area contributed by atoms with Crippen LogP contribution < -0.4 is 5.73 Å². The first kappa shape index (κ1) is 12.6. The first-order valence-corrected chi connectivity index (χ1v) is 6.29. The standard InChI is InChI=1S/C15H12BrNO/c16-14-8-4-3-7-13(14)12-6-2-1-5-11(12)9-10-15(17)18/h1-10H,(H2,17,18)/b10-9+. The Morgan fingerprint density at radius 3 is 2.28 bits per heavy atom. The number of benzene rings is 2. The van der Waals surface area contributed by atoms with E-state index in [-0.39, 0.29) is 0 Å². The van der Waals surface area contributed by atoms with Crippen molar-refractivity contribution in [3.8, 4) is 11.1 Å². The fourth-order valence-corrected chi connectivity index (χ4v) is 2.24. The second-order valence-electron chi connectivity index (χ2n) is 3.80. The van der Waals surface area contributed by atoms with Crippen LogP contribution in [0.25, 0.3) is 17.2 Å². The molecule has 18 heavy (non-hydrogen) atoms. The fourth-order valence-electron chi connectivity index (χ4n) is 1.74. The molecule has 2 rings (SSSR count). The Bertz CT molecular complexity index is 605. The largest absolute Gasteiger partial charge is 0.366 e. The highest BCUT2D eigenvalue weighted by Crippen LogP contribution is 2.30. The number of halogens is 1. The lowest BCUT2D eigenvalue weighted by atomic mass is 9.99. The minimum absolute atomic E-state index is 0.447. The second-order valence-corrected chi connectivity index (χ2v) is 4.66. The zero-order chi connectivity index (χ0) is 13.0. The molecule has 0 fully saturated rings. The molecule has 90 valence electrons. The number of carbonyl (C=O) groups is 1. The van der Waals surface area contributed by atoms with Crippen molar-refractivity contribution in [2.45, 2.75) is 0 Å². The maximum Gasteiger partial charge on any atom is 0.241 e. The average molecular weight is 302 g/mol. The zero-order valence-corrected chi connectivity index (χ0v) is 11.2. The molecule has 0 radical (unpaired) electrons. The number of primary amides is 1. The molecule has 2 nitrogen and oxygen atoms in total. The normalized spacial score (nSPS) is 10.7. The number of nitrogens with two attached hydrogens (primary N) is 1. The number of amides is 1. The van der Waals surface area contributed by atoms with Gasteiger partial charge in [0, 0.05) is 10.5 Å². The van der Waals surface area contributed by atoms with Gasteiger partial charge in [-0.05, 0) is 28.8 Å². The summed E-state index contributed by atoms with van der Waals surface area (Å²) in [5, 5.41) is 0. The van der Waals surface area contributed by atoms with Gasteiger partial charge in [-0.1, -0.05) is 58.4 Å². The molecule has 1 amide bonds. The van der Waals surface area contributed by atoms with Gasteiger partial charge >= 0.3 is 0 Å². The molecule has 0 saturated carbocycles. The lowest BCUT2D eigenvalue weighted by Crippen LogP contribution is -2.05. The van der Waals surface area contributed by atoms with Gasteiger partial charge in [-0.25, -0.2) is 0 Å². The maximum atomic E-state index is 10.8. The van der Waals surface area contributed by atoms with E-state index in [0.717, 1.165) is 21.2 Å². The van der Waals surface area contributed by atoms with Crippen LogP contribution in [0.5, 0.6) is 0 Å². The van der Waals surface area contributed by atoms with E-state index in [1.54, 1.807) is 6.08 Å². The molecule has 2 aromatic carbocycles. The van der Waals surface area contributed by atoms with E-state index in [0.29, 0.717) is 0 Å². The summed E-state index contributed by atoms with van der Waals surface area (Å²) in [5.74, 6) is -0.447. The Balaban J connectivity index is 2.52. The molecule has 0 unspecified atom stereocenters. The Labute approximate surface area is 114 Å². The molecule has 0 saturated heterocycles. The molecule has 0 bridgehead atoms. The first-order chi connectivity index (χ1) is 8.68. The van der Waals surface area contributed by atoms with Crippen LogP contribution in [0, 0.1) is 0 Å². The number of hydrogen-bond acceptors (Lipinski definition) is 1. The van der Waals surface area contributed by atoms with Gasteiger partial charge in [0.1, 0.15) is 0 Å². The highest BCUT2D eigenvalue weighted by atomic mass is 79.9. The number of hydrogen-bond donors (Lipinski definition) is 1. The van der Waals surface area contributed by atoms with Crippen LogP contribution in [0.4, 0.5) is 0 Å². The van der Waals surface area contributed by atoms with Gasteiger partial charge in [-0.15, -0.1) is 0 Å². The van der Waals surface area contributed by atoms with E-state index in [4.69, 9.17) is 5.73 Å². The van der Waals surface area contributed by atoms with E-state index >= 15 is 0 Å². The van der Waals surface area contributed by atoms with Gasteiger partial charge in [-0.2, -0.15) is 0 Å². The monoisotopic (exact) mass is 301 g/mol. The first-order valence-electron chi connectivity index (χ1n) is 5.50. The van der Waals surface area contributed by atoms with Crippen molar-refractivity contribution in [1.29, 1.82) is 0 Å². The van der Waals surface area contributed by atoms with E-state index in [1.165, 1.54) is 6.08 Å². The fraction of sp³-hybridized carbons (Fsp3) is 0. The minimum Gasteiger partial charge on any atom is -0.366 e. The molecule has 0 aliphatic carbocycles. The smallest absolute Gasteiger partial charge is 0.241 e. The Morgan fingerprint density at radius 1 is 1.00 bits per heavy atom. The van der Waals surface area contributed by atoms with Crippen molar-refractivity contribution in [2.24, 2.45) is 5.73 Å². The van der Waals surface area contributed by atoms with E-state index in [9.17, 15) is 4.79 Å². The van der Waals surface area contributed by atoms with E-state index in [1.807, 2.05) is 48.5 Å². The van der Waals surface area contributed by atoms with Gasteiger partial charge < -0.3 is 5.73 Å². The van der Waals surface area contributed by atoms with Crippen molar-refractivity contribution >= 4 is 27.9 Å². The van der Waals surface area contributed by atoms with Crippen molar-refractivity contribution in [2.75, 3.05) is 0 Å². The zero-order valence-electron chi connectivity index (χ0n) is 9.64. The summed E-state index contributed by atoms with van der Waals surface area (Å²) in [6.07, 6.45) is 3.10. The Kier molecular flexibility index (Phi) is 3.95. The summed E-state index contributed by atoms with van der Waals surface area (Å²) in [6.45, 7) is 0. The van der Waals surface area contributed by atoms with Gasteiger partial charge in [0.25, 0.3) is 0 Å². The summed E-state index contributed by atoms with van der Waals surface area (Å²) >= 11 is 3.53. The summed E-state index contributed by atoms with van der Waals surface area (Å²) in [5.41, 5.74) is 8.23. The van der Waals surface area contributed by atoms with Gasteiger partial charge in [0.15, 0.2) is 0 Å². The van der Waals surface area contributed by atoms with Gasteiger partial charge in [0.2, 0.25) is 5.91 Å². The summed E-state index contributed by atoms with van der Waals surface area (Å²) in [6, 6.07) is 15.8. The molecule has 0 aliphatic rings. The van der Waals surface area contributed by atoms with E-state index in [2.05, 4.69) is 15.9 Å². The van der Waals surface area contributed by atoms with Crippen LogP contribution in [0.1, 0.15) is 5.56 Å². The van der Waals surface area contributed by atoms with Crippen LogP contribution in [0.3, 0.4) is 0 Å². The van der Waals surface area contributed by atoms with Crippen LogP contribution in [0.15, 0.2) is 59.1 Å². The molecular formula is C15H12BrNO. The summed E-state index contributed by atoms with van der Waals surface area (Å²) < 4.78 is 1.02. The molecule has 0 aliphatic heterocycles. The van der Waals surface area contributed by atoms with Crippen LogP contribution in [-0.2, 0) is 4.79 Å². The molecule has 0 heterocycles. The highest BCUT2D eigenvalue weighted by Gasteiger charge is 2.05. The SMILES string of the molecule is NC(=O)/C=C/c1ccccc1-c1ccccc1Br. The molecule has 0 atom stereocenters. The number of rotatable bonds is 3. The predicted octanol–water partition coefficient (Wildman–Crippen LogP) is 3.61. The molecule has 2 aromatic rings. The third-order valence-electron chi connectivity index (χ3n) is 2.55. The van der Waals surface area contributed by atoms with Gasteiger partial charge in [0.05, 0.1) is 0 Å². The second kappa shape index (κ2) is 5.65. The van der Waals surface area contributed by atoms with Crippen molar-refractivity contribution in [3.05, 3.63) is 64.6 Å². The topological polar surface area (TPSA) is 43.1 Å². The van der Waals surface area contributed by atoms with Crippen LogP contribution in [-0.4, -0.2) is 5.91 Å². The lowest BCUT2D eigenvalue weighted by Gasteiger charge is -2.08. The Hall–Kier alpha value is -1.87. The van der Waals surface area contributed by atoms with Crippen LogP contribution >= 0.6 is 15.9 Å². The third kappa shape index (κ3) is 2.87. The van der Waals surface area contributed by atoms with Crippen molar-refractivity contribution in [3.63, 3.8) is 0 Å². The average Bonchev–Trinajstić information content (AvgIpc) is 2.37. The molecule has 0 spiro atoms. The molecule has 3 heteroatoms. The summed E-state index contributed by atoms with van der Waals surface area (Å²) in [7, 11) is 0. The van der Waals surface area contributed by atoms with Gasteiger partial charge in [-0.3, -0.25) is 4.79 Å². The summed E-state index contributed by atoms with van der Waals surface area (Å²) in [4.78, 5) is 10.8. The van der Waals surface area contributed by atoms with Crippen molar-refractivity contribution in [1.82, 2.24) is 0 Å².